The molecule has 3 aromatic rings. The summed E-state index contributed by atoms with van der Waals surface area (Å²) in [5, 5.41) is 5.68. The van der Waals surface area contributed by atoms with Gasteiger partial charge in [-0.1, -0.05) is 42.5 Å². The lowest BCUT2D eigenvalue weighted by molar-refractivity contribution is 0.202. The molecular weight excluding hydrogens is 248 g/mol. The molecule has 0 bridgehead atoms. The highest BCUT2D eigenvalue weighted by molar-refractivity contribution is 5.79. The fraction of sp³-hybridized carbons (Fsp3) is 0.235. The number of rotatable bonds is 5. The van der Waals surface area contributed by atoms with Gasteiger partial charge in [-0.15, -0.1) is 0 Å². The Labute approximate surface area is 118 Å². The first-order chi connectivity index (χ1) is 9.86. The summed E-state index contributed by atoms with van der Waals surface area (Å²) in [6, 6.07) is 16.9. The summed E-state index contributed by atoms with van der Waals surface area (Å²) in [6.07, 6.45) is 2.86. The molecule has 3 rings (SSSR count). The second-order valence-corrected chi connectivity index (χ2v) is 4.92. The van der Waals surface area contributed by atoms with E-state index in [4.69, 9.17) is 4.74 Å². The van der Waals surface area contributed by atoms with E-state index in [9.17, 15) is 0 Å². The summed E-state index contributed by atoms with van der Waals surface area (Å²) in [7, 11) is 1.73. The van der Waals surface area contributed by atoms with Crippen LogP contribution >= 0.6 is 0 Å². The van der Waals surface area contributed by atoms with E-state index in [-0.39, 0.29) is 0 Å². The van der Waals surface area contributed by atoms with Crippen LogP contribution in [0.1, 0.15) is 11.1 Å². The third-order valence-corrected chi connectivity index (χ3v) is 3.48. The van der Waals surface area contributed by atoms with Crippen LogP contribution in [0.4, 0.5) is 0 Å². The molecule has 20 heavy (non-hydrogen) atoms. The summed E-state index contributed by atoms with van der Waals surface area (Å²) in [5.41, 5.74) is 3.73. The molecule has 2 aromatic carbocycles. The van der Waals surface area contributed by atoms with Crippen molar-refractivity contribution in [2.24, 2.45) is 0 Å². The Bertz CT molecular complexity index is 689. The Kier molecular flexibility index (Phi) is 3.79. The summed E-state index contributed by atoms with van der Waals surface area (Å²) in [5.74, 6) is 0. The topological polar surface area (TPSA) is 27.1 Å². The molecular formula is C17H18N2O. The molecule has 3 heteroatoms. The fourth-order valence-electron chi connectivity index (χ4n) is 2.37. The highest BCUT2D eigenvalue weighted by Crippen LogP contribution is 2.17. The van der Waals surface area contributed by atoms with Gasteiger partial charge in [-0.2, -0.15) is 5.10 Å². The van der Waals surface area contributed by atoms with Crippen molar-refractivity contribution >= 4 is 10.9 Å². The normalized spacial score (nSPS) is 11.1. The molecule has 0 saturated heterocycles. The van der Waals surface area contributed by atoms with Gasteiger partial charge < -0.3 is 4.74 Å². The van der Waals surface area contributed by atoms with E-state index in [0.717, 1.165) is 19.6 Å². The quantitative estimate of drug-likeness (QED) is 0.708. The van der Waals surface area contributed by atoms with Gasteiger partial charge in [0.05, 0.1) is 24.9 Å². The van der Waals surface area contributed by atoms with Gasteiger partial charge in [-0.3, -0.25) is 4.68 Å². The van der Waals surface area contributed by atoms with Gasteiger partial charge >= 0.3 is 0 Å². The van der Waals surface area contributed by atoms with Gasteiger partial charge in [0.1, 0.15) is 0 Å². The standard InChI is InChI=1S/C17H18N2O/c1-20-10-9-14-7-8-16-12-18-19(17(16)11-14)13-15-5-3-2-4-6-15/h2-8,11-12H,9-10,13H2,1H3. The number of aromatic nitrogens is 2. The third-order valence-electron chi connectivity index (χ3n) is 3.48. The maximum Gasteiger partial charge on any atom is 0.0689 e. The van der Waals surface area contributed by atoms with Gasteiger partial charge in [0.15, 0.2) is 0 Å². The number of nitrogens with zero attached hydrogens (tertiary/aromatic N) is 2. The average Bonchev–Trinajstić information content (AvgIpc) is 2.89. The number of benzene rings is 2. The lowest BCUT2D eigenvalue weighted by atomic mass is 10.1. The van der Waals surface area contributed by atoms with Gasteiger partial charge in [-0.25, -0.2) is 0 Å². The van der Waals surface area contributed by atoms with Crippen LogP contribution in [0.5, 0.6) is 0 Å². The smallest absolute Gasteiger partial charge is 0.0689 e. The van der Waals surface area contributed by atoms with Crippen molar-refractivity contribution < 1.29 is 4.74 Å². The first-order valence-corrected chi connectivity index (χ1v) is 6.84. The van der Waals surface area contributed by atoms with Crippen LogP contribution in [0, 0.1) is 0 Å². The van der Waals surface area contributed by atoms with E-state index in [2.05, 4.69) is 52.2 Å². The molecule has 0 spiro atoms. The minimum absolute atomic E-state index is 0.748. The largest absolute Gasteiger partial charge is 0.384 e. The number of ether oxygens (including phenoxy) is 1. The van der Waals surface area contributed by atoms with Crippen molar-refractivity contribution in [1.82, 2.24) is 9.78 Å². The van der Waals surface area contributed by atoms with Crippen molar-refractivity contribution in [2.75, 3.05) is 13.7 Å². The maximum absolute atomic E-state index is 5.14. The molecule has 0 atom stereocenters. The zero-order valence-electron chi connectivity index (χ0n) is 11.6. The monoisotopic (exact) mass is 266 g/mol. The van der Waals surface area contributed by atoms with E-state index in [1.807, 2.05) is 12.3 Å². The van der Waals surface area contributed by atoms with E-state index >= 15 is 0 Å². The molecule has 0 aliphatic heterocycles. The number of hydrogen-bond donors (Lipinski definition) is 0. The number of hydrogen-bond acceptors (Lipinski definition) is 2. The van der Waals surface area contributed by atoms with E-state index in [0.29, 0.717) is 0 Å². The predicted molar refractivity (Wildman–Crippen MR) is 80.9 cm³/mol. The van der Waals surface area contributed by atoms with Crippen molar-refractivity contribution in [2.45, 2.75) is 13.0 Å². The molecule has 0 unspecified atom stereocenters. The zero-order chi connectivity index (χ0) is 13.8. The number of fused-ring (bicyclic) bond motifs is 1. The summed E-state index contributed by atoms with van der Waals surface area (Å²) in [4.78, 5) is 0. The minimum atomic E-state index is 0.748. The zero-order valence-corrected chi connectivity index (χ0v) is 11.6. The molecule has 0 aliphatic rings. The molecule has 0 aliphatic carbocycles. The van der Waals surface area contributed by atoms with Crippen molar-refractivity contribution in [1.29, 1.82) is 0 Å². The first kappa shape index (κ1) is 12.9. The van der Waals surface area contributed by atoms with Gasteiger partial charge in [0.25, 0.3) is 0 Å². The molecule has 1 heterocycles. The van der Waals surface area contributed by atoms with Gasteiger partial charge in [0, 0.05) is 12.5 Å². The number of methoxy groups -OCH3 is 1. The van der Waals surface area contributed by atoms with Gasteiger partial charge in [-0.05, 0) is 23.6 Å². The summed E-state index contributed by atoms with van der Waals surface area (Å²) in [6.45, 7) is 1.55. The maximum atomic E-state index is 5.14. The van der Waals surface area contributed by atoms with Crippen LogP contribution in [0.2, 0.25) is 0 Å². The van der Waals surface area contributed by atoms with Crippen molar-refractivity contribution in [3.05, 3.63) is 65.9 Å². The van der Waals surface area contributed by atoms with Crippen LogP contribution in [0.15, 0.2) is 54.7 Å². The Morgan fingerprint density at radius 2 is 1.90 bits per heavy atom. The average molecular weight is 266 g/mol. The molecule has 1 aromatic heterocycles. The molecule has 0 radical (unpaired) electrons. The van der Waals surface area contributed by atoms with E-state index in [1.165, 1.54) is 22.0 Å². The van der Waals surface area contributed by atoms with Crippen LogP contribution < -0.4 is 0 Å². The molecule has 0 fully saturated rings. The Morgan fingerprint density at radius 1 is 1.05 bits per heavy atom. The lowest BCUT2D eigenvalue weighted by Gasteiger charge is -2.05. The Hall–Kier alpha value is -2.13. The van der Waals surface area contributed by atoms with Crippen LogP contribution in [-0.2, 0) is 17.7 Å². The lowest BCUT2D eigenvalue weighted by Crippen LogP contribution is -2.01. The van der Waals surface area contributed by atoms with E-state index < -0.39 is 0 Å². The Balaban J connectivity index is 1.90. The highest BCUT2D eigenvalue weighted by Gasteiger charge is 2.04. The minimum Gasteiger partial charge on any atom is -0.384 e. The highest BCUT2D eigenvalue weighted by atomic mass is 16.5. The first-order valence-electron chi connectivity index (χ1n) is 6.84. The fourth-order valence-corrected chi connectivity index (χ4v) is 2.37. The van der Waals surface area contributed by atoms with Crippen LogP contribution in [0.3, 0.4) is 0 Å². The van der Waals surface area contributed by atoms with Gasteiger partial charge in [0.2, 0.25) is 0 Å². The molecule has 102 valence electrons. The third kappa shape index (κ3) is 2.73. The van der Waals surface area contributed by atoms with Crippen LogP contribution in [-0.4, -0.2) is 23.5 Å². The van der Waals surface area contributed by atoms with E-state index in [1.54, 1.807) is 7.11 Å². The summed E-state index contributed by atoms with van der Waals surface area (Å²) < 4.78 is 7.20. The Morgan fingerprint density at radius 3 is 2.70 bits per heavy atom. The SMILES string of the molecule is COCCc1ccc2cnn(Cc3ccccc3)c2c1. The van der Waals surface area contributed by atoms with Crippen LogP contribution in [0.25, 0.3) is 10.9 Å². The molecule has 0 saturated carbocycles. The van der Waals surface area contributed by atoms with Crippen molar-refractivity contribution in [3.63, 3.8) is 0 Å². The molecule has 3 nitrogen and oxygen atoms in total. The second-order valence-electron chi connectivity index (χ2n) is 4.92. The molecule has 0 N–H and O–H groups in total. The predicted octanol–water partition coefficient (Wildman–Crippen LogP) is 3.27. The van der Waals surface area contributed by atoms with Crippen molar-refractivity contribution in [3.8, 4) is 0 Å². The second kappa shape index (κ2) is 5.88. The molecule has 0 amide bonds. The summed E-state index contributed by atoms with van der Waals surface area (Å²) >= 11 is 0.